The third kappa shape index (κ3) is 6.49. The maximum Gasteiger partial charge on any atom is 0.191 e. The van der Waals surface area contributed by atoms with Crippen LogP contribution >= 0.6 is 0 Å². The molecule has 1 atom stereocenters. The van der Waals surface area contributed by atoms with Gasteiger partial charge in [-0.2, -0.15) is 0 Å². The molecule has 25 heavy (non-hydrogen) atoms. The van der Waals surface area contributed by atoms with E-state index in [0.29, 0.717) is 5.82 Å². The van der Waals surface area contributed by atoms with Crippen LogP contribution in [0.4, 0.5) is 10.2 Å². The van der Waals surface area contributed by atoms with Crippen molar-refractivity contribution >= 4 is 11.8 Å². The van der Waals surface area contributed by atoms with Crippen LogP contribution in [0.1, 0.15) is 33.1 Å². The summed E-state index contributed by atoms with van der Waals surface area (Å²) in [5.74, 6) is 0.995. The van der Waals surface area contributed by atoms with Crippen LogP contribution in [0.3, 0.4) is 0 Å². The Morgan fingerprint density at radius 2 is 2.32 bits per heavy atom. The Balaban J connectivity index is 1.80. The second-order valence-corrected chi connectivity index (χ2v) is 6.05. The Morgan fingerprint density at radius 3 is 3.08 bits per heavy atom. The standard InChI is InChI=1S/C18H30FN5O/c1-3-20-18(22-10-5-6-13-25-4-2)23-15-9-12-24(14-15)17-16(19)8-7-11-21-17/h7-8,11,15H,3-6,9-10,12-14H2,1-2H3,(H2,20,22,23). The number of anilines is 1. The van der Waals surface area contributed by atoms with Crippen LogP contribution in [0.2, 0.25) is 0 Å². The van der Waals surface area contributed by atoms with Crippen molar-refractivity contribution in [3.8, 4) is 0 Å². The molecule has 1 fully saturated rings. The van der Waals surface area contributed by atoms with Gasteiger partial charge in [0.25, 0.3) is 0 Å². The molecule has 0 bridgehead atoms. The number of aromatic nitrogens is 1. The van der Waals surface area contributed by atoms with Crippen molar-refractivity contribution in [3.05, 3.63) is 24.1 Å². The summed E-state index contributed by atoms with van der Waals surface area (Å²) >= 11 is 0. The fraction of sp³-hybridized carbons (Fsp3) is 0.667. The van der Waals surface area contributed by atoms with Crippen molar-refractivity contribution in [2.75, 3.05) is 44.3 Å². The van der Waals surface area contributed by atoms with Gasteiger partial charge in [-0.25, -0.2) is 9.37 Å². The van der Waals surface area contributed by atoms with Crippen molar-refractivity contribution in [1.29, 1.82) is 0 Å². The average molecular weight is 351 g/mol. The van der Waals surface area contributed by atoms with Crippen LogP contribution in [0.15, 0.2) is 23.3 Å². The number of hydrogen-bond acceptors (Lipinski definition) is 4. The zero-order valence-electron chi connectivity index (χ0n) is 15.3. The van der Waals surface area contributed by atoms with E-state index < -0.39 is 0 Å². The number of aliphatic imine (C=N–C) groups is 1. The van der Waals surface area contributed by atoms with Crippen LogP contribution in [0.5, 0.6) is 0 Å². The maximum atomic E-state index is 13.9. The van der Waals surface area contributed by atoms with E-state index in [2.05, 4.69) is 27.5 Å². The minimum atomic E-state index is -0.266. The molecule has 2 N–H and O–H groups in total. The highest BCUT2D eigenvalue weighted by Crippen LogP contribution is 2.20. The first kappa shape index (κ1) is 19.4. The molecule has 1 aromatic rings. The minimum Gasteiger partial charge on any atom is -0.382 e. The van der Waals surface area contributed by atoms with Crippen molar-refractivity contribution in [2.45, 2.75) is 39.2 Å². The lowest BCUT2D eigenvalue weighted by molar-refractivity contribution is 0.144. The summed E-state index contributed by atoms with van der Waals surface area (Å²) in [7, 11) is 0. The van der Waals surface area contributed by atoms with Gasteiger partial charge >= 0.3 is 0 Å². The van der Waals surface area contributed by atoms with Crippen LogP contribution in [0.25, 0.3) is 0 Å². The van der Waals surface area contributed by atoms with Gasteiger partial charge in [-0.3, -0.25) is 4.99 Å². The van der Waals surface area contributed by atoms with Gasteiger partial charge in [-0.1, -0.05) is 0 Å². The third-order valence-corrected chi connectivity index (χ3v) is 4.08. The molecule has 1 aliphatic rings. The molecule has 140 valence electrons. The van der Waals surface area contributed by atoms with E-state index in [1.54, 1.807) is 12.3 Å². The molecule has 6 nitrogen and oxygen atoms in total. The molecule has 1 aromatic heterocycles. The quantitative estimate of drug-likeness (QED) is 0.406. The lowest BCUT2D eigenvalue weighted by atomic mass is 10.3. The lowest BCUT2D eigenvalue weighted by Crippen LogP contribution is -2.44. The van der Waals surface area contributed by atoms with E-state index >= 15 is 0 Å². The van der Waals surface area contributed by atoms with Gasteiger partial charge in [0.1, 0.15) is 0 Å². The first-order valence-corrected chi connectivity index (χ1v) is 9.22. The number of rotatable bonds is 9. The predicted molar refractivity (Wildman–Crippen MR) is 99.7 cm³/mol. The third-order valence-electron chi connectivity index (χ3n) is 4.08. The number of hydrogen-bond donors (Lipinski definition) is 2. The van der Waals surface area contributed by atoms with Gasteiger partial charge in [-0.05, 0) is 45.2 Å². The van der Waals surface area contributed by atoms with Crippen LogP contribution in [0, 0.1) is 5.82 Å². The predicted octanol–water partition coefficient (Wildman–Crippen LogP) is 2.17. The van der Waals surface area contributed by atoms with E-state index in [4.69, 9.17) is 4.74 Å². The van der Waals surface area contributed by atoms with Crippen LogP contribution in [-0.4, -0.2) is 56.4 Å². The molecule has 0 spiro atoms. The van der Waals surface area contributed by atoms with E-state index in [0.717, 1.165) is 64.6 Å². The van der Waals surface area contributed by atoms with Gasteiger partial charge in [0.2, 0.25) is 0 Å². The molecule has 1 saturated heterocycles. The van der Waals surface area contributed by atoms with Crippen LogP contribution < -0.4 is 15.5 Å². The van der Waals surface area contributed by atoms with E-state index in [-0.39, 0.29) is 11.9 Å². The van der Waals surface area contributed by atoms with E-state index in [9.17, 15) is 4.39 Å². The smallest absolute Gasteiger partial charge is 0.191 e. The van der Waals surface area contributed by atoms with Crippen molar-refractivity contribution in [2.24, 2.45) is 4.99 Å². The summed E-state index contributed by atoms with van der Waals surface area (Å²) in [6.45, 7) is 8.72. The summed E-state index contributed by atoms with van der Waals surface area (Å²) in [5.41, 5.74) is 0. The van der Waals surface area contributed by atoms with Crippen molar-refractivity contribution in [1.82, 2.24) is 15.6 Å². The molecule has 1 aliphatic heterocycles. The van der Waals surface area contributed by atoms with Crippen molar-refractivity contribution in [3.63, 3.8) is 0 Å². The van der Waals surface area contributed by atoms with Gasteiger partial charge in [0.05, 0.1) is 0 Å². The van der Waals surface area contributed by atoms with Crippen LogP contribution in [-0.2, 0) is 4.74 Å². The fourth-order valence-electron chi connectivity index (χ4n) is 2.85. The zero-order chi connectivity index (χ0) is 17.9. The first-order chi connectivity index (χ1) is 12.2. The van der Waals surface area contributed by atoms with Gasteiger partial charge < -0.3 is 20.3 Å². The Morgan fingerprint density at radius 1 is 1.44 bits per heavy atom. The molecule has 2 rings (SSSR count). The number of guanidine groups is 1. The van der Waals surface area contributed by atoms with Gasteiger partial charge in [0, 0.05) is 51.6 Å². The molecule has 7 heteroatoms. The summed E-state index contributed by atoms with van der Waals surface area (Å²) in [6, 6.07) is 3.31. The largest absolute Gasteiger partial charge is 0.382 e. The normalized spacial score (nSPS) is 17.8. The molecule has 2 heterocycles. The maximum absolute atomic E-state index is 13.9. The second kappa shape index (κ2) is 10.9. The summed E-state index contributed by atoms with van der Waals surface area (Å²) in [5, 5.41) is 6.73. The summed E-state index contributed by atoms with van der Waals surface area (Å²) in [6.07, 6.45) is 4.59. The molecule has 0 saturated carbocycles. The van der Waals surface area contributed by atoms with E-state index in [1.165, 1.54) is 6.07 Å². The molecule has 0 amide bonds. The number of unbranched alkanes of at least 4 members (excludes halogenated alkanes) is 1. The molecule has 0 aromatic carbocycles. The molecular weight excluding hydrogens is 321 g/mol. The molecular formula is C18H30FN5O. The Labute approximate surface area is 149 Å². The zero-order valence-corrected chi connectivity index (χ0v) is 15.3. The highest BCUT2D eigenvalue weighted by atomic mass is 19.1. The minimum absolute atomic E-state index is 0.239. The number of nitrogens with zero attached hydrogens (tertiary/aromatic N) is 3. The number of ether oxygens (including phenoxy) is 1. The highest BCUT2D eigenvalue weighted by Gasteiger charge is 2.25. The van der Waals surface area contributed by atoms with Gasteiger partial charge in [-0.15, -0.1) is 0 Å². The lowest BCUT2D eigenvalue weighted by Gasteiger charge is -2.19. The monoisotopic (exact) mass is 351 g/mol. The summed E-state index contributed by atoms with van der Waals surface area (Å²) in [4.78, 5) is 10.8. The fourth-order valence-corrected chi connectivity index (χ4v) is 2.85. The number of nitrogens with one attached hydrogen (secondary N) is 2. The highest BCUT2D eigenvalue weighted by molar-refractivity contribution is 5.80. The summed E-state index contributed by atoms with van der Waals surface area (Å²) < 4.78 is 19.2. The first-order valence-electron chi connectivity index (χ1n) is 9.22. The Bertz CT molecular complexity index is 540. The second-order valence-electron chi connectivity index (χ2n) is 6.05. The average Bonchev–Trinajstić information content (AvgIpc) is 3.07. The number of halogens is 1. The topological polar surface area (TPSA) is 61.8 Å². The number of pyridine rings is 1. The molecule has 0 aliphatic carbocycles. The van der Waals surface area contributed by atoms with E-state index in [1.807, 2.05) is 11.8 Å². The Kier molecular flexibility index (Phi) is 8.45. The SMILES string of the molecule is CCNC(=NCCCCOCC)NC1CCN(c2ncccc2F)C1. The Hall–Kier alpha value is -1.89. The van der Waals surface area contributed by atoms with Gasteiger partial charge in [0.15, 0.2) is 17.6 Å². The molecule has 1 unspecified atom stereocenters. The molecule has 0 radical (unpaired) electrons. The van der Waals surface area contributed by atoms with Crippen molar-refractivity contribution < 1.29 is 9.13 Å².